The quantitative estimate of drug-likeness (QED) is 0.511. The van der Waals surface area contributed by atoms with Gasteiger partial charge in [0.1, 0.15) is 0 Å². The molecule has 0 atom stereocenters. The third-order valence-corrected chi connectivity index (χ3v) is 4.43. The third kappa shape index (κ3) is 6.10. The summed E-state index contributed by atoms with van der Waals surface area (Å²) in [5.41, 5.74) is 3.66. The molecular formula is C23H27NO5. The SMILES string of the molecule is CCc1cccc(CC)c1NC(=O)COC(=O)/C=C/c1ccc(OC)c(OC)c1. The van der Waals surface area contributed by atoms with Crippen molar-refractivity contribution in [3.63, 3.8) is 0 Å². The van der Waals surface area contributed by atoms with E-state index in [9.17, 15) is 9.59 Å². The molecular weight excluding hydrogens is 370 g/mol. The first kappa shape index (κ1) is 22.0. The summed E-state index contributed by atoms with van der Waals surface area (Å²) in [7, 11) is 3.09. The molecule has 0 fully saturated rings. The average Bonchev–Trinajstić information content (AvgIpc) is 2.75. The molecule has 2 rings (SSSR count). The number of benzene rings is 2. The zero-order valence-corrected chi connectivity index (χ0v) is 17.3. The standard InChI is InChI=1S/C23H27NO5/c1-5-17-8-7-9-18(6-2)23(17)24-21(25)15-29-22(26)13-11-16-10-12-19(27-3)20(14-16)28-4/h7-14H,5-6,15H2,1-4H3,(H,24,25)/b13-11+. The number of nitrogens with one attached hydrogen (secondary N) is 1. The van der Waals surface area contributed by atoms with Crippen LogP contribution in [0.4, 0.5) is 5.69 Å². The van der Waals surface area contributed by atoms with Gasteiger partial charge in [0.2, 0.25) is 0 Å². The van der Waals surface area contributed by atoms with Gasteiger partial charge < -0.3 is 19.5 Å². The smallest absolute Gasteiger partial charge is 0.331 e. The highest BCUT2D eigenvalue weighted by Crippen LogP contribution is 2.28. The van der Waals surface area contributed by atoms with Crippen molar-refractivity contribution in [3.8, 4) is 11.5 Å². The molecule has 0 spiro atoms. The van der Waals surface area contributed by atoms with Gasteiger partial charge in [-0.2, -0.15) is 0 Å². The summed E-state index contributed by atoms with van der Waals surface area (Å²) in [5.74, 6) is 0.189. The van der Waals surface area contributed by atoms with Crippen molar-refractivity contribution >= 4 is 23.6 Å². The molecule has 0 radical (unpaired) electrons. The maximum atomic E-state index is 12.2. The van der Waals surface area contributed by atoms with Gasteiger partial charge in [-0.05, 0) is 47.7 Å². The van der Waals surface area contributed by atoms with E-state index in [4.69, 9.17) is 14.2 Å². The van der Waals surface area contributed by atoms with Gasteiger partial charge in [-0.15, -0.1) is 0 Å². The predicted molar refractivity (Wildman–Crippen MR) is 113 cm³/mol. The number of amides is 1. The lowest BCUT2D eigenvalue weighted by Gasteiger charge is -2.14. The molecule has 2 aromatic rings. The topological polar surface area (TPSA) is 73.9 Å². The van der Waals surface area contributed by atoms with Crippen LogP contribution in [0.25, 0.3) is 6.08 Å². The van der Waals surface area contributed by atoms with Crippen molar-refractivity contribution in [1.82, 2.24) is 0 Å². The number of para-hydroxylation sites is 1. The Balaban J connectivity index is 1.94. The number of anilines is 1. The second kappa shape index (κ2) is 10.9. The fourth-order valence-electron chi connectivity index (χ4n) is 2.88. The lowest BCUT2D eigenvalue weighted by Crippen LogP contribution is -2.21. The van der Waals surface area contributed by atoms with Crippen molar-refractivity contribution in [1.29, 1.82) is 0 Å². The van der Waals surface area contributed by atoms with Gasteiger partial charge in [0.25, 0.3) is 5.91 Å². The van der Waals surface area contributed by atoms with Gasteiger partial charge in [0.05, 0.1) is 14.2 Å². The van der Waals surface area contributed by atoms with Crippen molar-refractivity contribution < 1.29 is 23.8 Å². The largest absolute Gasteiger partial charge is 0.493 e. The molecule has 1 N–H and O–H groups in total. The minimum Gasteiger partial charge on any atom is -0.493 e. The Morgan fingerprint density at radius 3 is 2.21 bits per heavy atom. The second-order valence-corrected chi connectivity index (χ2v) is 6.26. The Bertz CT molecular complexity index is 867. The molecule has 0 aliphatic carbocycles. The molecule has 6 nitrogen and oxygen atoms in total. The summed E-state index contributed by atoms with van der Waals surface area (Å²) >= 11 is 0. The number of carbonyl (C=O) groups is 2. The zero-order chi connectivity index (χ0) is 21.2. The number of methoxy groups -OCH3 is 2. The van der Waals surface area contributed by atoms with Crippen LogP contribution in [0.3, 0.4) is 0 Å². The predicted octanol–water partition coefficient (Wildman–Crippen LogP) is 4.02. The van der Waals surface area contributed by atoms with Crippen molar-refractivity contribution in [2.75, 3.05) is 26.1 Å². The monoisotopic (exact) mass is 397 g/mol. The van der Waals surface area contributed by atoms with Gasteiger partial charge in [-0.3, -0.25) is 4.79 Å². The van der Waals surface area contributed by atoms with E-state index in [0.717, 1.165) is 35.2 Å². The van der Waals surface area contributed by atoms with E-state index < -0.39 is 5.97 Å². The summed E-state index contributed by atoms with van der Waals surface area (Å²) in [6.07, 6.45) is 4.46. The number of carbonyl (C=O) groups excluding carboxylic acids is 2. The van der Waals surface area contributed by atoms with Crippen LogP contribution in [0.5, 0.6) is 11.5 Å². The van der Waals surface area contributed by atoms with E-state index in [1.54, 1.807) is 38.5 Å². The Hall–Kier alpha value is -3.28. The van der Waals surface area contributed by atoms with E-state index in [2.05, 4.69) is 5.32 Å². The van der Waals surface area contributed by atoms with Crippen LogP contribution in [0, 0.1) is 0 Å². The molecule has 1 amide bonds. The molecule has 0 saturated carbocycles. The molecule has 6 heteroatoms. The molecule has 0 aromatic heterocycles. The van der Waals surface area contributed by atoms with Crippen LogP contribution in [0.2, 0.25) is 0 Å². The van der Waals surface area contributed by atoms with E-state index in [1.165, 1.54) is 6.08 Å². The lowest BCUT2D eigenvalue weighted by atomic mass is 10.0. The summed E-state index contributed by atoms with van der Waals surface area (Å²) in [5, 5.41) is 2.87. The van der Waals surface area contributed by atoms with Gasteiger partial charge in [-0.25, -0.2) is 4.79 Å². The Morgan fingerprint density at radius 2 is 1.62 bits per heavy atom. The van der Waals surface area contributed by atoms with E-state index in [0.29, 0.717) is 11.5 Å². The normalized spacial score (nSPS) is 10.6. The average molecular weight is 397 g/mol. The van der Waals surface area contributed by atoms with Gasteiger partial charge in [0.15, 0.2) is 18.1 Å². The molecule has 0 aliphatic heterocycles. The first-order chi connectivity index (χ1) is 14.0. The highest BCUT2D eigenvalue weighted by atomic mass is 16.5. The van der Waals surface area contributed by atoms with E-state index >= 15 is 0 Å². The van der Waals surface area contributed by atoms with Crippen LogP contribution in [0.1, 0.15) is 30.5 Å². The Labute approximate surface area is 171 Å². The minimum absolute atomic E-state index is 0.351. The van der Waals surface area contributed by atoms with Crippen LogP contribution in [0.15, 0.2) is 42.5 Å². The van der Waals surface area contributed by atoms with Crippen molar-refractivity contribution in [3.05, 3.63) is 59.2 Å². The van der Waals surface area contributed by atoms with E-state index in [1.807, 2.05) is 32.0 Å². The molecule has 2 aromatic carbocycles. The molecule has 0 unspecified atom stereocenters. The minimum atomic E-state index is -0.602. The summed E-state index contributed by atoms with van der Waals surface area (Å²) in [4.78, 5) is 24.2. The van der Waals surface area contributed by atoms with Crippen LogP contribution in [-0.2, 0) is 27.2 Å². The second-order valence-electron chi connectivity index (χ2n) is 6.26. The molecule has 0 saturated heterocycles. The molecule has 0 heterocycles. The lowest BCUT2D eigenvalue weighted by molar-refractivity contribution is -0.142. The number of rotatable bonds is 9. The number of aryl methyl sites for hydroxylation is 2. The van der Waals surface area contributed by atoms with Crippen molar-refractivity contribution in [2.24, 2.45) is 0 Å². The molecule has 154 valence electrons. The Morgan fingerprint density at radius 1 is 0.966 bits per heavy atom. The molecule has 0 bridgehead atoms. The highest BCUT2D eigenvalue weighted by molar-refractivity contribution is 5.95. The number of hydrogen-bond donors (Lipinski definition) is 1. The Kier molecular flexibility index (Phi) is 8.27. The fraction of sp³-hybridized carbons (Fsp3) is 0.304. The summed E-state index contributed by atoms with van der Waals surface area (Å²) in [6, 6.07) is 11.2. The van der Waals surface area contributed by atoms with Crippen LogP contribution >= 0.6 is 0 Å². The fourth-order valence-corrected chi connectivity index (χ4v) is 2.88. The number of esters is 1. The number of ether oxygens (including phenoxy) is 3. The highest BCUT2D eigenvalue weighted by Gasteiger charge is 2.11. The summed E-state index contributed by atoms with van der Waals surface area (Å²) < 4.78 is 15.5. The van der Waals surface area contributed by atoms with E-state index in [-0.39, 0.29) is 12.5 Å². The maximum Gasteiger partial charge on any atom is 0.331 e. The first-order valence-corrected chi connectivity index (χ1v) is 9.49. The van der Waals surface area contributed by atoms with Crippen LogP contribution < -0.4 is 14.8 Å². The molecule has 0 aliphatic rings. The molecule has 29 heavy (non-hydrogen) atoms. The van der Waals surface area contributed by atoms with Crippen LogP contribution in [-0.4, -0.2) is 32.7 Å². The van der Waals surface area contributed by atoms with Crippen molar-refractivity contribution in [2.45, 2.75) is 26.7 Å². The summed E-state index contributed by atoms with van der Waals surface area (Å²) in [6.45, 7) is 3.71. The van der Waals surface area contributed by atoms with Gasteiger partial charge in [-0.1, -0.05) is 38.1 Å². The number of hydrogen-bond acceptors (Lipinski definition) is 5. The third-order valence-electron chi connectivity index (χ3n) is 4.43. The zero-order valence-electron chi connectivity index (χ0n) is 17.3. The maximum absolute atomic E-state index is 12.2. The van der Waals surface area contributed by atoms with Gasteiger partial charge in [0, 0.05) is 11.8 Å². The first-order valence-electron chi connectivity index (χ1n) is 9.49. The van der Waals surface area contributed by atoms with Gasteiger partial charge >= 0.3 is 5.97 Å².